The molecule has 150 valence electrons. The Balaban J connectivity index is 0.00000218. The zero-order valence-corrected chi connectivity index (χ0v) is 16.8. The van der Waals surface area contributed by atoms with Gasteiger partial charge >= 0.3 is 0 Å². The summed E-state index contributed by atoms with van der Waals surface area (Å²) in [5, 5.41) is 5.27. The number of rotatable bonds is 5. The summed E-state index contributed by atoms with van der Waals surface area (Å²) in [6, 6.07) is 21.4. The second-order valence-corrected chi connectivity index (χ2v) is 6.78. The number of oxazole rings is 1. The van der Waals surface area contributed by atoms with Gasteiger partial charge in [0.25, 0.3) is 0 Å². The summed E-state index contributed by atoms with van der Waals surface area (Å²) in [6.07, 6.45) is 3.71. The van der Waals surface area contributed by atoms with Gasteiger partial charge in [-0.3, -0.25) is 0 Å². The van der Waals surface area contributed by atoms with E-state index < -0.39 is 0 Å². The second-order valence-electron chi connectivity index (χ2n) is 6.78. The Bertz CT molecular complexity index is 1270. The lowest BCUT2D eigenvalue weighted by atomic mass is 9.94. The van der Waals surface area contributed by atoms with Crippen molar-refractivity contribution in [2.45, 2.75) is 12.5 Å². The van der Waals surface area contributed by atoms with Crippen LogP contribution in [-0.4, -0.2) is 15.1 Å². The van der Waals surface area contributed by atoms with Crippen LogP contribution in [0, 0.1) is 0 Å². The molecule has 0 aliphatic rings. The second kappa shape index (κ2) is 8.49. The molecule has 2 aromatic carbocycles. The zero-order chi connectivity index (χ0) is 19.6. The van der Waals surface area contributed by atoms with Crippen LogP contribution in [0.3, 0.4) is 0 Å². The number of nitrogens with two attached hydrogens (primary N) is 1. The highest BCUT2D eigenvalue weighted by Crippen LogP contribution is 2.33. The van der Waals surface area contributed by atoms with E-state index in [2.05, 4.69) is 15.1 Å². The Labute approximate surface area is 179 Å². The third-order valence-corrected chi connectivity index (χ3v) is 4.88. The van der Waals surface area contributed by atoms with Gasteiger partial charge in [0.1, 0.15) is 17.7 Å². The number of benzene rings is 2. The van der Waals surface area contributed by atoms with Gasteiger partial charge in [-0.2, -0.15) is 0 Å². The van der Waals surface area contributed by atoms with Crippen LogP contribution in [0.15, 0.2) is 88.1 Å². The van der Waals surface area contributed by atoms with Crippen molar-refractivity contribution in [1.29, 1.82) is 0 Å². The molecular formula is C23H19ClN4O2. The van der Waals surface area contributed by atoms with Crippen molar-refractivity contribution in [3.63, 3.8) is 0 Å². The minimum absolute atomic E-state index is 0. The number of pyridine rings is 1. The fourth-order valence-electron chi connectivity index (χ4n) is 3.51. The van der Waals surface area contributed by atoms with E-state index in [1.807, 2.05) is 66.7 Å². The standard InChI is InChI=1S/C23H18N4O2.ClH/c24-19(14-15-6-5-10-20(26-15)23-25-12-13-28-23)16-7-1-2-8-17(16)22-18-9-3-4-11-21(18)29-27-22;/h1-13,19H,14,24H2;1H. The average molecular weight is 419 g/mol. The van der Waals surface area contributed by atoms with Crippen LogP contribution in [0.2, 0.25) is 0 Å². The molecule has 0 bridgehead atoms. The molecule has 30 heavy (non-hydrogen) atoms. The van der Waals surface area contributed by atoms with Crippen molar-refractivity contribution in [2.24, 2.45) is 5.73 Å². The molecule has 5 rings (SSSR count). The number of para-hydroxylation sites is 1. The van der Waals surface area contributed by atoms with Crippen LogP contribution >= 0.6 is 12.4 Å². The SMILES string of the molecule is Cl.NC(Cc1cccc(-c2ncco2)n1)c1ccccc1-c1noc2ccccc12. The van der Waals surface area contributed by atoms with Crippen molar-refractivity contribution < 1.29 is 8.94 Å². The highest BCUT2D eigenvalue weighted by atomic mass is 35.5. The van der Waals surface area contributed by atoms with E-state index in [1.165, 1.54) is 6.26 Å². The Morgan fingerprint density at radius 1 is 0.933 bits per heavy atom. The molecule has 0 amide bonds. The Morgan fingerprint density at radius 3 is 2.63 bits per heavy atom. The molecule has 6 nitrogen and oxygen atoms in total. The van der Waals surface area contributed by atoms with Gasteiger partial charge in [-0.05, 0) is 29.8 Å². The molecule has 0 aliphatic carbocycles. The van der Waals surface area contributed by atoms with Gasteiger partial charge in [0, 0.05) is 29.1 Å². The van der Waals surface area contributed by atoms with E-state index in [9.17, 15) is 0 Å². The lowest BCUT2D eigenvalue weighted by Crippen LogP contribution is -2.15. The topological polar surface area (TPSA) is 91.0 Å². The first kappa shape index (κ1) is 19.8. The van der Waals surface area contributed by atoms with Gasteiger partial charge in [-0.1, -0.05) is 47.6 Å². The maximum absolute atomic E-state index is 6.61. The molecule has 0 saturated carbocycles. The van der Waals surface area contributed by atoms with Gasteiger partial charge in [0.15, 0.2) is 5.58 Å². The van der Waals surface area contributed by atoms with Gasteiger partial charge < -0.3 is 14.7 Å². The van der Waals surface area contributed by atoms with Crippen LogP contribution in [0.1, 0.15) is 17.3 Å². The minimum atomic E-state index is -0.256. The Morgan fingerprint density at radius 2 is 1.77 bits per heavy atom. The number of fused-ring (bicyclic) bond motifs is 1. The van der Waals surface area contributed by atoms with Crippen LogP contribution in [-0.2, 0) is 6.42 Å². The van der Waals surface area contributed by atoms with Crippen molar-refractivity contribution in [1.82, 2.24) is 15.1 Å². The normalized spacial score (nSPS) is 11.9. The monoisotopic (exact) mass is 418 g/mol. The molecule has 0 radical (unpaired) electrons. The Kier molecular flexibility index (Phi) is 5.61. The van der Waals surface area contributed by atoms with E-state index in [1.54, 1.807) is 6.20 Å². The molecule has 7 heteroatoms. The molecule has 3 heterocycles. The number of nitrogens with zero attached hydrogens (tertiary/aromatic N) is 3. The lowest BCUT2D eigenvalue weighted by molar-refractivity contribution is 0.459. The maximum Gasteiger partial charge on any atom is 0.244 e. The summed E-state index contributed by atoms with van der Waals surface area (Å²) >= 11 is 0. The summed E-state index contributed by atoms with van der Waals surface area (Å²) in [5.74, 6) is 0.495. The van der Waals surface area contributed by atoms with Gasteiger partial charge in [0.2, 0.25) is 5.89 Å². The lowest BCUT2D eigenvalue weighted by Gasteiger charge is -2.15. The predicted molar refractivity (Wildman–Crippen MR) is 117 cm³/mol. The summed E-state index contributed by atoms with van der Waals surface area (Å²) in [6.45, 7) is 0. The molecule has 0 saturated heterocycles. The molecule has 3 aromatic heterocycles. The van der Waals surface area contributed by atoms with E-state index in [4.69, 9.17) is 14.7 Å². The third kappa shape index (κ3) is 3.70. The first-order valence-electron chi connectivity index (χ1n) is 9.35. The summed E-state index contributed by atoms with van der Waals surface area (Å²) < 4.78 is 10.8. The zero-order valence-electron chi connectivity index (χ0n) is 15.9. The average Bonchev–Trinajstić information content (AvgIpc) is 3.44. The minimum Gasteiger partial charge on any atom is -0.443 e. The molecule has 1 atom stereocenters. The van der Waals surface area contributed by atoms with E-state index in [0.717, 1.165) is 33.5 Å². The predicted octanol–water partition coefficient (Wildman–Crippen LogP) is 5.21. The molecular weight excluding hydrogens is 400 g/mol. The van der Waals surface area contributed by atoms with E-state index in [-0.39, 0.29) is 18.4 Å². The van der Waals surface area contributed by atoms with Gasteiger partial charge in [-0.15, -0.1) is 12.4 Å². The van der Waals surface area contributed by atoms with Crippen molar-refractivity contribution >= 4 is 23.4 Å². The third-order valence-electron chi connectivity index (χ3n) is 4.88. The number of hydrogen-bond acceptors (Lipinski definition) is 6. The van der Waals surface area contributed by atoms with E-state index in [0.29, 0.717) is 18.0 Å². The number of aromatic nitrogens is 3. The first-order valence-corrected chi connectivity index (χ1v) is 9.35. The van der Waals surface area contributed by atoms with Crippen molar-refractivity contribution in [2.75, 3.05) is 0 Å². The van der Waals surface area contributed by atoms with Crippen LogP contribution < -0.4 is 5.73 Å². The molecule has 0 aliphatic heterocycles. The number of halogens is 1. The van der Waals surface area contributed by atoms with Crippen molar-refractivity contribution in [3.8, 4) is 22.8 Å². The van der Waals surface area contributed by atoms with Crippen LogP contribution in [0.5, 0.6) is 0 Å². The summed E-state index contributed by atoms with van der Waals surface area (Å²) in [7, 11) is 0. The smallest absolute Gasteiger partial charge is 0.244 e. The first-order chi connectivity index (χ1) is 14.3. The van der Waals surface area contributed by atoms with Gasteiger partial charge in [0.05, 0.1) is 6.20 Å². The van der Waals surface area contributed by atoms with E-state index >= 15 is 0 Å². The molecule has 5 aromatic rings. The molecule has 0 fully saturated rings. The Hall–Kier alpha value is -3.48. The molecule has 0 spiro atoms. The van der Waals surface area contributed by atoms with Crippen LogP contribution in [0.4, 0.5) is 0 Å². The van der Waals surface area contributed by atoms with Crippen molar-refractivity contribution in [3.05, 3.63) is 90.4 Å². The maximum atomic E-state index is 6.61. The quantitative estimate of drug-likeness (QED) is 0.421. The molecule has 2 N–H and O–H groups in total. The number of hydrogen-bond donors (Lipinski definition) is 1. The van der Waals surface area contributed by atoms with Gasteiger partial charge in [-0.25, -0.2) is 9.97 Å². The fraction of sp³-hybridized carbons (Fsp3) is 0.0870. The molecule has 1 unspecified atom stereocenters. The van der Waals surface area contributed by atoms with Crippen LogP contribution in [0.25, 0.3) is 33.8 Å². The highest BCUT2D eigenvalue weighted by Gasteiger charge is 2.18. The summed E-state index contributed by atoms with van der Waals surface area (Å²) in [4.78, 5) is 8.82. The fourth-order valence-corrected chi connectivity index (χ4v) is 3.51. The largest absolute Gasteiger partial charge is 0.443 e. The highest BCUT2D eigenvalue weighted by molar-refractivity contribution is 5.92. The summed E-state index contributed by atoms with van der Waals surface area (Å²) in [5.41, 5.74) is 11.7.